The summed E-state index contributed by atoms with van der Waals surface area (Å²) in [5.74, 6) is 0.170. The van der Waals surface area contributed by atoms with Gasteiger partial charge in [0.15, 0.2) is 0 Å². The molecule has 2 amide bonds. The zero-order valence-electron chi connectivity index (χ0n) is 13.8. The van der Waals surface area contributed by atoms with Crippen LogP contribution in [0, 0.1) is 5.82 Å². The Morgan fingerprint density at radius 1 is 1.28 bits per heavy atom. The maximum absolute atomic E-state index is 13.6. The van der Waals surface area contributed by atoms with E-state index in [0.29, 0.717) is 24.1 Å². The van der Waals surface area contributed by atoms with E-state index in [0.717, 1.165) is 12.8 Å². The lowest BCUT2D eigenvalue weighted by molar-refractivity contribution is 0.194. The molecule has 0 atom stereocenters. The Bertz CT molecular complexity index is 734. The highest BCUT2D eigenvalue weighted by atomic mass is 35.5. The molecule has 1 aromatic heterocycles. The Labute approximate surface area is 150 Å². The largest absolute Gasteiger partial charge is 0.341 e. The van der Waals surface area contributed by atoms with Gasteiger partial charge < -0.3 is 15.1 Å². The minimum atomic E-state index is -0.439. The van der Waals surface area contributed by atoms with Gasteiger partial charge in [-0.15, -0.1) is 0 Å². The third-order valence-corrected chi connectivity index (χ3v) is 4.53. The number of carbonyl (C=O) groups excluding carboxylic acids is 1. The van der Waals surface area contributed by atoms with Crippen LogP contribution >= 0.6 is 11.6 Å². The van der Waals surface area contributed by atoms with E-state index in [1.165, 1.54) is 6.07 Å². The van der Waals surface area contributed by atoms with Crippen LogP contribution in [0.4, 0.5) is 20.8 Å². The van der Waals surface area contributed by atoms with Crippen molar-refractivity contribution in [2.45, 2.75) is 18.9 Å². The molecule has 3 rings (SSSR count). The summed E-state index contributed by atoms with van der Waals surface area (Å²) in [6, 6.07) is 6.10. The number of benzene rings is 1. The van der Waals surface area contributed by atoms with Crippen LogP contribution in [0.2, 0.25) is 5.02 Å². The number of amides is 2. The third-order valence-electron chi connectivity index (χ3n) is 4.34. The minimum absolute atomic E-state index is 0.196. The van der Waals surface area contributed by atoms with Gasteiger partial charge in [-0.3, -0.25) is 0 Å². The van der Waals surface area contributed by atoms with E-state index in [9.17, 15) is 9.18 Å². The van der Waals surface area contributed by atoms with Gasteiger partial charge in [0, 0.05) is 26.2 Å². The molecule has 1 saturated heterocycles. The van der Waals surface area contributed by atoms with Crippen molar-refractivity contribution < 1.29 is 9.18 Å². The monoisotopic (exact) mass is 363 g/mol. The SMILES string of the molecule is CN(c1ncc(Cl)cn1)C1CCN(C(=O)Nc2ccccc2F)CC1. The van der Waals surface area contributed by atoms with E-state index in [1.54, 1.807) is 35.5 Å². The molecular weight excluding hydrogens is 345 g/mol. The Morgan fingerprint density at radius 3 is 2.56 bits per heavy atom. The van der Waals surface area contributed by atoms with Crippen molar-refractivity contribution in [1.29, 1.82) is 0 Å². The molecule has 2 heterocycles. The first-order valence-electron chi connectivity index (χ1n) is 8.05. The van der Waals surface area contributed by atoms with Crippen LogP contribution in [0.3, 0.4) is 0 Å². The highest BCUT2D eigenvalue weighted by molar-refractivity contribution is 6.30. The van der Waals surface area contributed by atoms with Crippen LogP contribution in [0.1, 0.15) is 12.8 Å². The van der Waals surface area contributed by atoms with E-state index in [-0.39, 0.29) is 17.8 Å². The first-order valence-corrected chi connectivity index (χ1v) is 8.43. The number of carbonyl (C=O) groups is 1. The number of anilines is 2. The summed E-state index contributed by atoms with van der Waals surface area (Å²) >= 11 is 5.81. The third kappa shape index (κ3) is 4.17. The first-order chi connectivity index (χ1) is 12.0. The summed E-state index contributed by atoms with van der Waals surface area (Å²) in [4.78, 5) is 24.4. The molecule has 1 fully saturated rings. The Hall–Kier alpha value is -2.41. The lowest BCUT2D eigenvalue weighted by Crippen LogP contribution is -2.47. The van der Waals surface area contributed by atoms with E-state index in [1.807, 2.05) is 11.9 Å². The van der Waals surface area contributed by atoms with Gasteiger partial charge in [-0.25, -0.2) is 19.2 Å². The van der Waals surface area contributed by atoms with E-state index in [2.05, 4.69) is 15.3 Å². The Balaban J connectivity index is 1.55. The van der Waals surface area contributed by atoms with Crippen LogP contribution in [0.15, 0.2) is 36.7 Å². The van der Waals surface area contributed by atoms with Gasteiger partial charge in [-0.1, -0.05) is 23.7 Å². The average molecular weight is 364 g/mol. The van der Waals surface area contributed by atoms with Crippen molar-refractivity contribution in [3.8, 4) is 0 Å². The molecule has 2 aromatic rings. The molecule has 0 radical (unpaired) electrons. The second-order valence-electron chi connectivity index (χ2n) is 5.94. The summed E-state index contributed by atoms with van der Waals surface area (Å²) in [6.07, 6.45) is 4.70. The van der Waals surface area contributed by atoms with Gasteiger partial charge in [0.25, 0.3) is 0 Å². The van der Waals surface area contributed by atoms with Gasteiger partial charge in [0.2, 0.25) is 5.95 Å². The standard InChI is InChI=1S/C17H19ClFN5O/c1-23(16-20-10-12(18)11-21-16)13-6-8-24(9-7-13)17(25)22-15-5-3-2-4-14(15)19/h2-5,10-11,13H,6-9H2,1H3,(H,22,25). The lowest BCUT2D eigenvalue weighted by Gasteiger charge is -2.36. The van der Waals surface area contributed by atoms with Crippen molar-refractivity contribution in [1.82, 2.24) is 14.9 Å². The van der Waals surface area contributed by atoms with Crippen LogP contribution in [0.25, 0.3) is 0 Å². The van der Waals surface area contributed by atoms with Crippen LogP contribution in [0.5, 0.6) is 0 Å². The zero-order chi connectivity index (χ0) is 17.8. The predicted molar refractivity (Wildman–Crippen MR) is 95.5 cm³/mol. The fourth-order valence-corrected chi connectivity index (χ4v) is 2.96. The molecule has 132 valence electrons. The quantitative estimate of drug-likeness (QED) is 0.907. The van der Waals surface area contributed by atoms with Gasteiger partial charge in [-0.05, 0) is 25.0 Å². The summed E-state index contributed by atoms with van der Waals surface area (Å²) < 4.78 is 13.6. The van der Waals surface area contributed by atoms with E-state index >= 15 is 0 Å². The average Bonchev–Trinajstić information content (AvgIpc) is 2.64. The van der Waals surface area contributed by atoms with Gasteiger partial charge in [0.05, 0.1) is 23.1 Å². The summed E-state index contributed by atoms with van der Waals surface area (Å²) in [5, 5.41) is 3.12. The minimum Gasteiger partial charge on any atom is -0.341 e. The number of para-hydroxylation sites is 1. The molecule has 0 spiro atoms. The molecule has 0 bridgehead atoms. The van der Waals surface area contributed by atoms with Gasteiger partial charge in [0.1, 0.15) is 5.82 Å². The Morgan fingerprint density at radius 2 is 1.92 bits per heavy atom. The fourth-order valence-electron chi connectivity index (χ4n) is 2.86. The van der Waals surface area contributed by atoms with Crippen molar-refractivity contribution in [3.63, 3.8) is 0 Å². The number of hydrogen-bond acceptors (Lipinski definition) is 4. The molecule has 0 aliphatic carbocycles. The molecule has 0 saturated carbocycles. The predicted octanol–water partition coefficient (Wildman–Crippen LogP) is 3.40. The fraction of sp³-hybridized carbons (Fsp3) is 0.353. The molecule has 1 N–H and O–H groups in total. The van der Waals surface area contributed by atoms with Crippen molar-refractivity contribution >= 4 is 29.3 Å². The molecule has 8 heteroatoms. The van der Waals surface area contributed by atoms with Crippen LogP contribution in [-0.4, -0.2) is 47.1 Å². The molecule has 25 heavy (non-hydrogen) atoms. The van der Waals surface area contributed by atoms with Crippen LogP contribution in [-0.2, 0) is 0 Å². The van der Waals surface area contributed by atoms with Gasteiger partial charge >= 0.3 is 6.03 Å². The number of halogens is 2. The number of aromatic nitrogens is 2. The first kappa shape index (κ1) is 17.4. The highest BCUT2D eigenvalue weighted by Crippen LogP contribution is 2.21. The number of nitrogens with one attached hydrogen (secondary N) is 1. The summed E-state index contributed by atoms with van der Waals surface area (Å²) in [5.41, 5.74) is 0.196. The maximum Gasteiger partial charge on any atom is 0.321 e. The molecule has 1 aliphatic heterocycles. The van der Waals surface area contributed by atoms with Crippen molar-refractivity contribution in [2.75, 3.05) is 30.4 Å². The molecule has 1 aliphatic rings. The number of hydrogen-bond donors (Lipinski definition) is 1. The van der Waals surface area contributed by atoms with Crippen molar-refractivity contribution in [2.24, 2.45) is 0 Å². The zero-order valence-corrected chi connectivity index (χ0v) is 14.6. The molecule has 6 nitrogen and oxygen atoms in total. The number of urea groups is 1. The number of piperidine rings is 1. The number of rotatable bonds is 3. The maximum atomic E-state index is 13.6. The summed E-state index contributed by atoms with van der Waals surface area (Å²) in [7, 11) is 1.93. The Kier molecular flexibility index (Phi) is 5.33. The smallest absolute Gasteiger partial charge is 0.321 e. The second-order valence-corrected chi connectivity index (χ2v) is 6.38. The van der Waals surface area contributed by atoms with Crippen LogP contribution < -0.4 is 10.2 Å². The highest BCUT2D eigenvalue weighted by Gasteiger charge is 2.26. The van der Waals surface area contributed by atoms with Gasteiger partial charge in [-0.2, -0.15) is 0 Å². The second kappa shape index (κ2) is 7.65. The normalized spacial score (nSPS) is 15.1. The number of likely N-dealkylation sites (tertiary alicyclic amines) is 1. The van der Waals surface area contributed by atoms with Crippen molar-refractivity contribution in [3.05, 3.63) is 47.5 Å². The molecule has 0 unspecified atom stereocenters. The topological polar surface area (TPSA) is 61.4 Å². The molecular formula is C17H19ClFN5O. The number of nitrogens with zero attached hydrogens (tertiary/aromatic N) is 4. The lowest BCUT2D eigenvalue weighted by atomic mass is 10.0. The van der Waals surface area contributed by atoms with E-state index < -0.39 is 5.82 Å². The summed E-state index contributed by atoms with van der Waals surface area (Å²) in [6.45, 7) is 1.17. The molecule has 1 aromatic carbocycles. The van der Waals surface area contributed by atoms with E-state index in [4.69, 9.17) is 11.6 Å².